The SMILES string of the molecule is CCOC1CC(NC(=NC)NCCN2CCN(CC)CC2)C1(CC)CC. The van der Waals surface area contributed by atoms with Crippen molar-refractivity contribution in [3.8, 4) is 0 Å². The molecule has 26 heavy (non-hydrogen) atoms. The number of aliphatic imine (C=N–C) groups is 1. The molecule has 0 aromatic rings. The zero-order chi connectivity index (χ0) is 19.0. The molecule has 0 aromatic carbocycles. The van der Waals surface area contributed by atoms with Crippen molar-refractivity contribution in [2.24, 2.45) is 10.4 Å². The van der Waals surface area contributed by atoms with Gasteiger partial charge >= 0.3 is 0 Å². The third-order valence-corrected chi connectivity index (χ3v) is 6.64. The minimum atomic E-state index is 0.240. The van der Waals surface area contributed by atoms with Gasteiger partial charge in [0.15, 0.2) is 5.96 Å². The molecule has 2 fully saturated rings. The second-order valence-corrected chi connectivity index (χ2v) is 7.59. The van der Waals surface area contributed by atoms with Crippen molar-refractivity contribution in [2.75, 3.05) is 59.5 Å². The van der Waals surface area contributed by atoms with Gasteiger partial charge in [-0.3, -0.25) is 9.89 Å². The standard InChI is InChI=1S/C20H41N5O/c1-6-20(7-2)17(16-18(20)26-9-4)23-19(21-5)22-10-11-25-14-12-24(8-3)13-15-25/h17-18H,6-16H2,1-5H3,(H2,21,22,23). The lowest BCUT2D eigenvalue weighted by atomic mass is 9.58. The highest BCUT2D eigenvalue weighted by Gasteiger charge is 2.53. The summed E-state index contributed by atoms with van der Waals surface area (Å²) in [5.41, 5.74) is 0.240. The van der Waals surface area contributed by atoms with Gasteiger partial charge in [-0.2, -0.15) is 0 Å². The average molecular weight is 368 g/mol. The Labute approximate surface area is 160 Å². The van der Waals surface area contributed by atoms with Gasteiger partial charge in [0.05, 0.1) is 6.10 Å². The first kappa shape index (κ1) is 21.5. The highest BCUT2D eigenvalue weighted by molar-refractivity contribution is 5.80. The van der Waals surface area contributed by atoms with E-state index < -0.39 is 0 Å². The van der Waals surface area contributed by atoms with Crippen LogP contribution in [0.4, 0.5) is 0 Å². The Morgan fingerprint density at radius 3 is 2.27 bits per heavy atom. The van der Waals surface area contributed by atoms with Gasteiger partial charge in [0.25, 0.3) is 0 Å². The van der Waals surface area contributed by atoms with Crippen molar-refractivity contribution in [3.05, 3.63) is 0 Å². The number of guanidine groups is 1. The van der Waals surface area contributed by atoms with Crippen molar-refractivity contribution in [2.45, 2.75) is 59.1 Å². The van der Waals surface area contributed by atoms with E-state index in [4.69, 9.17) is 4.74 Å². The number of nitrogens with zero attached hydrogens (tertiary/aromatic N) is 3. The molecule has 1 aliphatic carbocycles. The molecule has 0 amide bonds. The van der Waals surface area contributed by atoms with Crippen LogP contribution >= 0.6 is 0 Å². The quantitative estimate of drug-likeness (QED) is 0.481. The summed E-state index contributed by atoms with van der Waals surface area (Å²) in [6.07, 6.45) is 3.75. The number of ether oxygens (including phenoxy) is 1. The molecule has 1 saturated carbocycles. The Hall–Kier alpha value is -0.850. The lowest BCUT2D eigenvalue weighted by Crippen LogP contribution is -2.65. The second-order valence-electron chi connectivity index (χ2n) is 7.59. The second kappa shape index (κ2) is 10.5. The highest BCUT2D eigenvalue weighted by atomic mass is 16.5. The van der Waals surface area contributed by atoms with Gasteiger partial charge in [0.1, 0.15) is 0 Å². The van der Waals surface area contributed by atoms with Gasteiger partial charge in [-0.15, -0.1) is 0 Å². The summed E-state index contributed by atoms with van der Waals surface area (Å²) in [6, 6.07) is 0.452. The fourth-order valence-electron chi connectivity index (χ4n) is 4.60. The largest absolute Gasteiger partial charge is 0.378 e. The van der Waals surface area contributed by atoms with Gasteiger partial charge < -0.3 is 20.3 Å². The van der Waals surface area contributed by atoms with Crippen molar-refractivity contribution in [1.82, 2.24) is 20.4 Å². The Balaban J connectivity index is 1.75. The molecule has 2 rings (SSSR count). The van der Waals surface area contributed by atoms with Crippen LogP contribution in [-0.2, 0) is 4.74 Å². The van der Waals surface area contributed by atoms with Crippen molar-refractivity contribution >= 4 is 5.96 Å². The predicted molar refractivity (Wildman–Crippen MR) is 110 cm³/mol. The molecule has 2 atom stereocenters. The molecule has 2 unspecified atom stereocenters. The van der Waals surface area contributed by atoms with E-state index in [1.807, 2.05) is 7.05 Å². The molecule has 6 heteroatoms. The van der Waals surface area contributed by atoms with E-state index in [0.29, 0.717) is 12.1 Å². The lowest BCUT2D eigenvalue weighted by molar-refractivity contribution is -0.133. The Kier molecular flexibility index (Phi) is 8.64. The van der Waals surface area contributed by atoms with Gasteiger partial charge in [-0.05, 0) is 32.7 Å². The first-order chi connectivity index (χ1) is 12.6. The summed E-state index contributed by atoms with van der Waals surface area (Å²) in [5.74, 6) is 0.934. The van der Waals surface area contributed by atoms with Crippen molar-refractivity contribution in [3.63, 3.8) is 0 Å². The molecule has 6 nitrogen and oxygen atoms in total. The van der Waals surface area contributed by atoms with E-state index >= 15 is 0 Å². The summed E-state index contributed by atoms with van der Waals surface area (Å²) in [5, 5.41) is 7.19. The normalized spacial score (nSPS) is 27.2. The topological polar surface area (TPSA) is 52.1 Å². The third-order valence-electron chi connectivity index (χ3n) is 6.64. The van der Waals surface area contributed by atoms with E-state index in [0.717, 1.165) is 44.9 Å². The fourth-order valence-corrected chi connectivity index (χ4v) is 4.60. The molecule has 2 N–H and O–H groups in total. The van der Waals surface area contributed by atoms with Crippen LogP contribution in [0, 0.1) is 5.41 Å². The maximum atomic E-state index is 5.99. The van der Waals surface area contributed by atoms with E-state index in [2.05, 4.69) is 53.1 Å². The van der Waals surface area contributed by atoms with Crippen molar-refractivity contribution < 1.29 is 4.74 Å². The molecule has 1 saturated heterocycles. The van der Waals surface area contributed by atoms with Crippen LogP contribution < -0.4 is 10.6 Å². The van der Waals surface area contributed by atoms with Gasteiger partial charge in [-0.25, -0.2) is 0 Å². The van der Waals surface area contributed by atoms with E-state index in [9.17, 15) is 0 Å². The third kappa shape index (κ3) is 4.90. The van der Waals surface area contributed by atoms with Gasteiger partial charge in [0.2, 0.25) is 0 Å². The fraction of sp³-hybridized carbons (Fsp3) is 0.950. The molecule has 0 bridgehead atoms. The molecule has 0 radical (unpaired) electrons. The molecular weight excluding hydrogens is 326 g/mol. The summed E-state index contributed by atoms with van der Waals surface area (Å²) < 4.78 is 5.99. The summed E-state index contributed by atoms with van der Waals surface area (Å²) in [4.78, 5) is 9.51. The highest BCUT2D eigenvalue weighted by Crippen LogP contribution is 2.48. The molecule has 1 aliphatic heterocycles. The van der Waals surface area contributed by atoms with Crippen LogP contribution in [-0.4, -0.2) is 87.4 Å². The minimum Gasteiger partial charge on any atom is -0.378 e. The number of hydrogen-bond acceptors (Lipinski definition) is 4. The van der Waals surface area contributed by atoms with Crippen molar-refractivity contribution in [1.29, 1.82) is 0 Å². The number of rotatable bonds is 9. The molecule has 152 valence electrons. The predicted octanol–water partition coefficient (Wildman–Crippen LogP) is 1.77. The number of likely N-dealkylation sites (N-methyl/N-ethyl adjacent to an activating group) is 1. The van der Waals surface area contributed by atoms with Crippen LogP contribution in [0.1, 0.15) is 47.0 Å². The molecule has 1 heterocycles. The molecular formula is C20H41N5O. The van der Waals surface area contributed by atoms with Crippen LogP contribution in [0.25, 0.3) is 0 Å². The minimum absolute atomic E-state index is 0.240. The Morgan fingerprint density at radius 2 is 1.73 bits per heavy atom. The van der Waals surface area contributed by atoms with E-state index in [1.165, 1.54) is 32.7 Å². The summed E-state index contributed by atoms with van der Waals surface area (Å²) in [6.45, 7) is 17.7. The van der Waals surface area contributed by atoms with E-state index in [1.54, 1.807) is 0 Å². The maximum Gasteiger partial charge on any atom is 0.191 e. The zero-order valence-electron chi connectivity index (χ0n) is 17.7. The van der Waals surface area contributed by atoms with Crippen LogP contribution in [0.3, 0.4) is 0 Å². The maximum absolute atomic E-state index is 5.99. The molecule has 0 aromatic heterocycles. The van der Waals surface area contributed by atoms with Crippen LogP contribution in [0.15, 0.2) is 4.99 Å². The van der Waals surface area contributed by atoms with Crippen LogP contribution in [0.5, 0.6) is 0 Å². The van der Waals surface area contributed by atoms with Crippen LogP contribution in [0.2, 0.25) is 0 Å². The lowest BCUT2D eigenvalue weighted by Gasteiger charge is -2.55. The van der Waals surface area contributed by atoms with Gasteiger partial charge in [0, 0.05) is 64.4 Å². The molecule has 0 spiro atoms. The first-order valence-corrected chi connectivity index (χ1v) is 10.7. The first-order valence-electron chi connectivity index (χ1n) is 10.7. The smallest absolute Gasteiger partial charge is 0.191 e. The monoisotopic (exact) mass is 367 g/mol. The molecule has 2 aliphatic rings. The summed E-state index contributed by atoms with van der Waals surface area (Å²) in [7, 11) is 1.87. The Bertz CT molecular complexity index is 430. The number of hydrogen-bond donors (Lipinski definition) is 2. The zero-order valence-corrected chi connectivity index (χ0v) is 17.7. The van der Waals surface area contributed by atoms with Gasteiger partial charge in [-0.1, -0.05) is 20.8 Å². The average Bonchev–Trinajstić information content (AvgIpc) is 2.67. The number of piperazine rings is 1. The Morgan fingerprint density at radius 1 is 1.08 bits per heavy atom. The summed E-state index contributed by atoms with van der Waals surface area (Å²) >= 11 is 0. The number of nitrogens with one attached hydrogen (secondary N) is 2. The van der Waals surface area contributed by atoms with E-state index in [-0.39, 0.29) is 5.41 Å².